The highest BCUT2D eigenvalue weighted by molar-refractivity contribution is 5.94. The first-order valence-corrected chi connectivity index (χ1v) is 8.74. The van der Waals surface area contributed by atoms with Gasteiger partial charge in [-0.25, -0.2) is 5.48 Å². The number of hydrogen-bond acceptors (Lipinski definition) is 5. The van der Waals surface area contributed by atoms with E-state index in [4.69, 9.17) is 10.1 Å². The minimum Gasteiger partial charge on any atom is -0.325 e. The number of anilines is 1. The van der Waals surface area contributed by atoms with Gasteiger partial charge in [0.05, 0.1) is 5.60 Å². The van der Waals surface area contributed by atoms with Crippen molar-refractivity contribution in [2.24, 2.45) is 4.99 Å². The summed E-state index contributed by atoms with van der Waals surface area (Å²) in [5, 5.41) is 14.4. The Hall–Kier alpha value is -2.66. The summed E-state index contributed by atoms with van der Waals surface area (Å²) in [4.78, 5) is 25.1. The van der Waals surface area contributed by atoms with Gasteiger partial charge in [0, 0.05) is 31.0 Å². The number of hydrogen-bond donors (Lipinski definition) is 3. The van der Waals surface area contributed by atoms with Gasteiger partial charge in [0.2, 0.25) is 11.9 Å². The van der Waals surface area contributed by atoms with E-state index in [0.29, 0.717) is 18.9 Å². The minimum absolute atomic E-state index is 0.0972. The lowest BCUT2D eigenvalue weighted by atomic mass is 10.1. The number of aromatic nitrogens is 1. The fourth-order valence-corrected chi connectivity index (χ4v) is 1.94. The van der Waals surface area contributed by atoms with Crippen molar-refractivity contribution in [1.29, 1.82) is 5.26 Å². The van der Waals surface area contributed by atoms with Gasteiger partial charge in [-0.3, -0.25) is 24.9 Å². The zero-order valence-corrected chi connectivity index (χ0v) is 15.7. The third kappa shape index (κ3) is 11.0. The van der Waals surface area contributed by atoms with Gasteiger partial charge in [0.15, 0.2) is 6.19 Å². The normalized spacial score (nSPS) is 11.5. The van der Waals surface area contributed by atoms with E-state index < -0.39 is 0 Å². The third-order valence-corrected chi connectivity index (χ3v) is 3.17. The van der Waals surface area contributed by atoms with Crippen molar-refractivity contribution in [3.63, 3.8) is 0 Å². The van der Waals surface area contributed by atoms with Crippen molar-refractivity contribution < 1.29 is 9.63 Å². The molecule has 1 aromatic rings. The molecule has 8 heteroatoms. The summed E-state index contributed by atoms with van der Waals surface area (Å²) in [5.74, 6) is 0.317. The van der Waals surface area contributed by atoms with E-state index in [1.165, 1.54) is 0 Å². The first kappa shape index (κ1) is 21.4. The molecule has 0 saturated carbocycles. The van der Waals surface area contributed by atoms with Crippen LogP contribution in [-0.4, -0.2) is 29.0 Å². The number of nitrogens with zero attached hydrogens (tertiary/aromatic N) is 3. The molecule has 8 nitrogen and oxygen atoms in total. The second kappa shape index (κ2) is 11.8. The summed E-state index contributed by atoms with van der Waals surface area (Å²) < 4.78 is 0. The molecule has 0 saturated heterocycles. The number of carbonyl (C=O) groups excluding carboxylic acids is 1. The molecule has 0 spiro atoms. The lowest BCUT2D eigenvalue weighted by molar-refractivity contribution is -0.145. The van der Waals surface area contributed by atoms with Gasteiger partial charge in [-0.15, -0.1) is 0 Å². The molecule has 1 rings (SSSR count). The molecular formula is C18H28N6O2. The second-order valence-corrected chi connectivity index (χ2v) is 6.73. The van der Waals surface area contributed by atoms with Gasteiger partial charge in [0.25, 0.3) is 0 Å². The van der Waals surface area contributed by atoms with Crippen molar-refractivity contribution in [3.8, 4) is 6.19 Å². The summed E-state index contributed by atoms with van der Waals surface area (Å²) in [6.45, 7) is 6.24. The molecular weight excluding hydrogens is 332 g/mol. The zero-order chi connectivity index (χ0) is 19.3. The number of aliphatic imine (C=N–C) groups is 1. The monoisotopic (exact) mass is 360 g/mol. The fraction of sp³-hybridized carbons (Fsp3) is 0.556. The first-order chi connectivity index (χ1) is 12.4. The van der Waals surface area contributed by atoms with Gasteiger partial charge in [-0.1, -0.05) is 12.8 Å². The highest BCUT2D eigenvalue weighted by Crippen LogP contribution is 2.07. The molecule has 0 radical (unpaired) electrons. The Kier molecular flexibility index (Phi) is 9.72. The fourth-order valence-electron chi connectivity index (χ4n) is 1.94. The highest BCUT2D eigenvalue weighted by Gasteiger charge is 2.12. The summed E-state index contributed by atoms with van der Waals surface area (Å²) in [6, 6.07) is 3.59. The van der Waals surface area contributed by atoms with Crippen molar-refractivity contribution in [2.75, 3.05) is 11.9 Å². The molecule has 142 valence electrons. The molecule has 3 N–H and O–H groups in total. The van der Waals surface area contributed by atoms with Crippen molar-refractivity contribution in [2.45, 2.75) is 58.5 Å². The van der Waals surface area contributed by atoms with Gasteiger partial charge in [0.1, 0.15) is 0 Å². The Morgan fingerprint density at radius 3 is 2.58 bits per heavy atom. The number of carbonyl (C=O) groups is 1. The van der Waals surface area contributed by atoms with Crippen LogP contribution < -0.4 is 16.1 Å². The number of nitrogens with one attached hydrogen (secondary N) is 3. The van der Waals surface area contributed by atoms with Crippen molar-refractivity contribution in [1.82, 2.24) is 15.8 Å². The number of rotatable bonds is 9. The van der Waals surface area contributed by atoms with Crippen LogP contribution in [0, 0.1) is 11.5 Å². The van der Waals surface area contributed by atoms with Crippen LogP contribution in [0.2, 0.25) is 0 Å². The van der Waals surface area contributed by atoms with Gasteiger partial charge >= 0.3 is 0 Å². The third-order valence-electron chi connectivity index (χ3n) is 3.17. The molecule has 26 heavy (non-hydrogen) atoms. The van der Waals surface area contributed by atoms with Crippen LogP contribution in [0.25, 0.3) is 0 Å². The number of guanidine groups is 1. The Balaban J connectivity index is 2.18. The van der Waals surface area contributed by atoms with E-state index in [1.54, 1.807) is 24.5 Å². The first-order valence-electron chi connectivity index (χ1n) is 8.74. The largest absolute Gasteiger partial charge is 0.325 e. The van der Waals surface area contributed by atoms with Crippen LogP contribution in [0.3, 0.4) is 0 Å². The smallest absolute Gasteiger partial charge is 0.243 e. The van der Waals surface area contributed by atoms with Gasteiger partial charge in [-0.05, 0) is 45.7 Å². The number of nitriles is 1. The van der Waals surface area contributed by atoms with E-state index in [2.05, 4.69) is 26.1 Å². The Morgan fingerprint density at radius 2 is 1.92 bits per heavy atom. The van der Waals surface area contributed by atoms with Crippen LogP contribution in [0.4, 0.5) is 5.69 Å². The molecule has 1 amide bonds. The maximum atomic E-state index is 11.6. The number of unbranched alkanes of at least 4 members (excludes halogenated alkanes) is 3. The Bertz CT molecular complexity index is 604. The molecule has 0 aliphatic heterocycles. The average molecular weight is 360 g/mol. The predicted octanol–water partition coefficient (Wildman–Crippen LogP) is 2.72. The van der Waals surface area contributed by atoms with Crippen LogP contribution in [-0.2, 0) is 9.63 Å². The second-order valence-electron chi connectivity index (χ2n) is 6.73. The summed E-state index contributed by atoms with van der Waals surface area (Å²) >= 11 is 0. The molecule has 0 aliphatic carbocycles. The number of pyridine rings is 1. The van der Waals surface area contributed by atoms with Gasteiger partial charge in [-0.2, -0.15) is 5.26 Å². The predicted molar refractivity (Wildman–Crippen MR) is 101 cm³/mol. The van der Waals surface area contributed by atoms with Crippen LogP contribution >= 0.6 is 0 Å². The van der Waals surface area contributed by atoms with E-state index in [1.807, 2.05) is 27.0 Å². The molecule has 0 aromatic carbocycles. The molecule has 1 heterocycles. The highest BCUT2D eigenvalue weighted by atomic mass is 16.7. The van der Waals surface area contributed by atoms with Gasteiger partial charge < -0.3 is 5.32 Å². The molecule has 0 fully saturated rings. The van der Waals surface area contributed by atoms with Crippen molar-refractivity contribution in [3.05, 3.63) is 24.5 Å². The molecule has 0 atom stereocenters. The Labute approximate surface area is 155 Å². The minimum atomic E-state index is -0.382. The summed E-state index contributed by atoms with van der Waals surface area (Å²) in [5.41, 5.74) is 2.89. The Morgan fingerprint density at radius 1 is 1.23 bits per heavy atom. The maximum absolute atomic E-state index is 11.6. The SMILES string of the molecule is CC(C)(C)ONC(=O)CCCCCCN=C(NC#N)Nc1ccncc1. The molecule has 0 bridgehead atoms. The van der Waals surface area contributed by atoms with Crippen molar-refractivity contribution >= 4 is 17.6 Å². The lowest BCUT2D eigenvalue weighted by Gasteiger charge is -2.18. The van der Waals surface area contributed by atoms with E-state index in [0.717, 1.165) is 31.4 Å². The topological polar surface area (TPSA) is 111 Å². The van der Waals surface area contributed by atoms with Crippen LogP contribution in [0.15, 0.2) is 29.5 Å². The molecule has 0 unspecified atom stereocenters. The van der Waals surface area contributed by atoms with E-state index in [-0.39, 0.29) is 11.5 Å². The number of amides is 1. The molecule has 0 aliphatic rings. The van der Waals surface area contributed by atoms with E-state index >= 15 is 0 Å². The number of hydroxylamine groups is 1. The zero-order valence-electron chi connectivity index (χ0n) is 15.7. The van der Waals surface area contributed by atoms with Crippen LogP contribution in [0.5, 0.6) is 0 Å². The van der Waals surface area contributed by atoms with E-state index in [9.17, 15) is 4.79 Å². The summed E-state index contributed by atoms with van der Waals surface area (Å²) in [6.07, 6.45) is 9.24. The quantitative estimate of drug-likeness (QED) is 0.156. The average Bonchev–Trinajstić information content (AvgIpc) is 2.59. The summed E-state index contributed by atoms with van der Waals surface area (Å²) in [7, 11) is 0. The molecule has 1 aromatic heterocycles. The lowest BCUT2D eigenvalue weighted by Crippen LogP contribution is -2.33. The maximum Gasteiger partial charge on any atom is 0.243 e. The standard InChI is InChI=1S/C18H28N6O2/c1-18(2,3)26-24-16(25)8-6-4-5-7-11-21-17(22-14-19)23-15-9-12-20-13-10-15/h9-10,12-13H,4-8,11H2,1-3H3,(H,24,25)(H2,20,21,22,23). The van der Waals surface area contributed by atoms with Crippen LogP contribution in [0.1, 0.15) is 52.9 Å².